The summed E-state index contributed by atoms with van der Waals surface area (Å²) in [5.41, 5.74) is 5.01. The number of phenolic OH excluding ortho intramolecular Hbond substituents is 1. The van der Waals surface area contributed by atoms with Crippen molar-refractivity contribution < 1.29 is 9.90 Å². The third kappa shape index (κ3) is 2.97. The number of nitrogens with one attached hydrogen (secondary N) is 1. The van der Waals surface area contributed by atoms with Gasteiger partial charge in [0.1, 0.15) is 11.6 Å². The molecule has 0 unspecified atom stereocenters. The van der Waals surface area contributed by atoms with Gasteiger partial charge in [-0.3, -0.25) is 4.79 Å². The first-order valence-corrected chi connectivity index (χ1v) is 9.45. The summed E-state index contributed by atoms with van der Waals surface area (Å²) in [4.78, 5) is 12.3. The fraction of sp³-hybridized carbons (Fsp3) is 0.200. The Balaban J connectivity index is 1.87. The van der Waals surface area contributed by atoms with Crippen LogP contribution >= 0.6 is 11.8 Å². The molecule has 5 nitrogen and oxygen atoms in total. The number of carbonyl (C=O) groups is 1. The number of thioether (sulfide) groups is 1. The average molecular weight is 365 g/mol. The van der Waals surface area contributed by atoms with Crippen LogP contribution in [-0.2, 0) is 4.79 Å². The number of aryl methyl sites for hydroxylation is 2. The van der Waals surface area contributed by atoms with Crippen molar-refractivity contribution in [2.24, 2.45) is 0 Å². The van der Waals surface area contributed by atoms with Gasteiger partial charge in [-0.2, -0.15) is 5.10 Å². The van der Waals surface area contributed by atoms with Gasteiger partial charge in [-0.1, -0.05) is 29.8 Å². The molecular weight excluding hydrogens is 346 g/mol. The number of aromatic nitrogens is 2. The van der Waals surface area contributed by atoms with Crippen molar-refractivity contribution in [1.82, 2.24) is 9.78 Å². The van der Waals surface area contributed by atoms with E-state index in [9.17, 15) is 9.90 Å². The minimum Gasteiger partial charge on any atom is -0.508 e. The number of carbonyl (C=O) groups excluding carboxylic acids is 1. The van der Waals surface area contributed by atoms with Crippen LogP contribution in [0.2, 0.25) is 0 Å². The van der Waals surface area contributed by atoms with Gasteiger partial charge in [0.15, 0.2) is 0 Å². The van der Waals surface area contributed by atoms with E-state index in [2.05, 4.69) is 5.32 Å². The summed E-state index contributed by atoms with van der Waals surface area (Å²) in [6.45, 7) is 4.01. The van der Waals surface area contributed by atoms with Crippen LogP contribution in [0.5, 0.6) is 5.75 Å². The fourth-order valence-corrected chi connectivity index (χ4v) is 4.36. The van der Waals surface area contributed by atoms with E-state index < -0.39 is 0 Å². The number of amides is 1. The minimum atomic E-state index is -0.0363. The maximum Gasteiger partial charge on any atom is 0.235 e. The Morgan fingerprint density at radius 1 is 1.12 bits per heavy atom. The largest absolute Gasteiger partial charge is 0.508 e. The van der Waals surface area contributed by atoms with Crippen molar-refractivity contribution in [3.8, 4) is 11.4 Å². The van der Waals surface area contributed by atoms with E-state index in [1.165, 1.54) is 5.56 Å². The lowest BCUT2D eigenvalue weighted by molar-refractivity contribution is -0.113. The number of fused-ring (bicyclic) bond motifs is 1. The molecule has 3 aromatic rings. The molecule has 4 rings (SSSR count). The number of benzene rings is 2. The first kappa shape index (κ1) is 16.7. The molecule has 2 aromatic carbocycles. The van der Waals surface area contributed by atoms with Crippen LogP contribution in [-0.4, -0.2) is 26.5 Å². The van der Waals surface area contributed by atoms with E-state index in [0.29, 0.717) is 5.75 Å². The molecule has 1 aromatic heterocycles. The number of nitrogens with zero attached hydrogens (tertiary/aromatic N) is 2. The van der Waals surface area contributed by atoms with Crippen LogP contribution in [0.25, 0.3) is 5.69 Å². The van der Waals surface area contributed by atoms with E-state index in [0.717, 1.165) is 28.3 Å². The molecule has 0 aliphatic carbocycles. The van der Waals surface area contributed by atoms with Crippen LogP contribution in [0.4, 0.5) is 5.82 Å². The molecule has 132 valence electrons. The van der Waals surface area contributed by atoms with Gasteiger partial charge in [0.05, 0.1) is 22.4 Å². The van der Waals surface area contributed by atoms with Gasteiger partial charge in [-0.05, 0) is 43.7 Å². The lowest BCUT2D eigenvalue weighted by atomic mass is 10.0. The molecule has 0 fully saturated rings. The topological polar surface area (TPSA) is 67.2 Å². The highest BCUT2D eigenvalue weighted by Gasteiger charge is 2.30. The van der Waals surface area contributed by atoms with Crippen LogP contribution in [0.1, 0.15) is 27.6 Å². The van der Waals surface area contributed by atoms with Crippen molar-refractivity contribution in [2.45, 2.75) is 19.1 Å². The van der Waals surface area contributed by atoms with Crippen molar-refractivity contribution >= 4 is 23.5 Å². The van der Waals surface area contributed by atoms with Gasteiger partial charge >= 0.3 is 0 Å². The Labute approximate surface area is 156 Å². The van der Waals surface area contributed by atoms with Crippen LogP contribution in [0.15, 0.2) is 48.5 Å². The molecule has 2 heterocycles. The quantitative estimate of drug-likeness (QED) is 0.721. The second-order valence-electron chi connectivity index (χ2n) is 6.43. The first-order valence-electron chi connectivity index (χ1n) is 8.40. The monoisotopic (exact) mass is 365 g/mol. The maximum atomic E-state index is 12.3. The molecule has 1 atom stereocenters. The summed E-state index contributed by atoms with van der Waals surface area (Å²) < 4.78 is 1.81. The van der Waals surface area contributed by atoms with E-state index in [1.807, 2.05) is 50.2 Å². The molecule has 1 amide bonds. The second-order valence-corrected chi connectivity index (χ2v) is 7.52. The summed E-state index contributed by atoms with van der Waals surface area (Å²) in [5.74, 6) is 1.28. The normalized spacial score (nSPS) is 16.7. The molecule has 0 spiro atoms. The summed E-state index contributed by atoms with van der Waals surface area (Å²) in [5, 5.41) is 17.3. The Morgan fingerprint density at radius 2 is 1.81 bits per heavy atom. The number of hydrogen-bond acceptors (Lipinski definition) is 4. The number of rotatable bonds is 2. The molecule has 0 bridgehead atoms. The molecule has 0 radical (unpaired) electrons. The molecule has 2 N–H and O–H groups in total. The second kappa shape index (κ2) is 6.53. The van der Waals surface area contributed by atoms with Gasteiger partial charge in [-0.15, -0.1) is 11.8 Å². The zero-order chi connectivity index (χ0) is 18.3. The summed E-state index contributed by atoms with van der Waals surface area (Å²) in [6, 6.07) is 15.2. The molecule has 26 heavy (non-hydrogen) atoms. The Hall–Kier alpha value is -2.73. The van der Waals surface area contributed by atoms with Crippen molar-refractivity contribution in [1.29, 1.82) is 0 Å². The Morgan fingerprint density at radius 3 is 2.50 bits per heavy atom. The van der Waals surface area contributed by atoms with E-state index >= 15 is 0 Å². The molecule has 1 aliphatic heterocycles. The third-order valence-electron chi connectivity index (χ3n) is 4.48. The van der Waals surface area contributed by atoms with Crippen LogP contribution in [0, 0.1) is 13.8 Å². The predicted octanol–water partition coefficient (Wildman–Crippen LogP) is 3.97. The predicted molar refractivity (Wildman–Crippen MR) is 104 cm³/mol. The van der Waals surface area contributed by atoms with E-state index in [4.69, 9.17) is 5.10 Å². The van der Waals surface area contributed by atoms with E-state index in [-0.39, 0.29) is 16.9 Å². The van der Waals surface area contributed by atoms with Crippen LogP contribution in [0.3, 0.4) is 0 Å². The smallest absolute Gasteiger partial charge is 0.235 e. The highest BCUT2D eigenvalue weighted by molar-refractivity contribution is 8.00. The standard InChI is InChI=1S/C20H19N3O2S/c1-12-3-7-15(8-4-12)23-20-18(13(2)22-23)19(26-11-17(25)21-20)14-5-9-16(24)10-6-14/h3-10,19,24H,11H2,1-2H3,(H,21,25)/t19-/m0/s1. The average Bonchev–Trinajstić information content (AvgIpc) is 2.83. The highest BCUT2D eigenvalue weighted by atomic mass is 32.2. The van der Waals surface area contributed by atoms with Gasteiger partial charge in [0, 0.05) is 5.56 Å². The number of hydrogen-bond donors (Lipinski definition) is 2. The molecule has 1 aliphatic rings. The van der Waals surface area contributed by atoms with Crippen molar-refractivity contribution in [3.63, 3.8) is 0 Å². The van der Waals surface area contributed by atoms with Gasteiger partial charge < -0.3 is 10.4 Å². The van der Waals surface area contributed by atoms with Gasteiger partial charge in [0.25, 0.3) is 0 Å². The Kier molecular flexibility index (Phi) is 4.20. The number of aromatic hydroxyl groups is 1. The lowest BCUT2D eigenvalue weighted by Gasteiger charge is -2.15. The minimum absolute atomic E-state index is 0.0243. The molecule has 0 saturated carbocycles. The zero-order valence-electron chi connectivity index (χ0n) is 14.6. The van der Waals surface area contributed by atoms with Crippen molar-refractivity contribution in [3.05, 3.63) is 70.9 Å². The molecular formula is C20H19N3O2S. The first-order chi connectivity index (χ1) is 12.5. The summed E-state index contributed by atoms with van der Waals surface area (Å²) in [7, 11) is 0. The molecule has 6 heteroatoms. The Bertz CT molecular complexity index is 962. The zero-order valence-corrected chi connectivity index (χ0v) is 15.4. The lowest BCUT2D eigenvalue weighted by Crippen LogP contribution is -2.15. The van der Waals surface area contributed by atoms with Crippen molar-refractivity contribution in [2.75, 3.05) is 11.1 Å². The van der Waals surface area contributed by atoms with E-state index in [1.54, 1.807) is 28.6 Å². The molecule has 0 saturated heterocycles. The SMILES string of the molecule is Cc1ccc(-n2nc(C)c3c2NC(=O)CS[C@H]3c2ccc(O)cc2)cc1. The fourth-order valence-electron chi connectivity index (χ4n) is 3.17. The summed E-state index contributed by atoms with van der Waals surface area (Å²) in [6.07, 6.45) is 0. The highest BCUT2D eigenvalue weighted by Crippen LogP contribution is 2.44. The third-order valence-corrected chi connectivity index (χ3v) is 5.75. The number of phenols is 1. The summed E-state index contributed by atoms with van der Waals surface area (Å²) >= 11 is 1.57. The number of anilines is 1. The maximum absolute atomic E-state index is 12.3. The van der Waals surface area contributed by atoms with Gasteiger partial charge in [0.2, 0.25) is 5.91 Å². The van der Waals surface area contributed by atoms with Crippen LogP contribution < -0.4 is 5.32 Å². The van der Waals surface area contributed by atoms with Gasteiger partial charge in [-0.25, -0.2) is 4.68 Å².